The van der Waals surface area contributed by atoms with E-state index in [0.29, 0.717) is 41.0 Å². The number of nitrogens with zero attached hydrogens (tertiary/aromatic N) is 7. The Morgan fingerprint density at radius 2 is 1.40 bits per heavy atom. The molecule has 0 atom stereocenters. The fourth-order valence-electron chi connectivity index (χ4n) is 5.64. The van der Waals surface area contributed by atoms with Crippen LogP contribution in [-0.4, -0.2) is 43.6 Å². The lowest BCUT2D eigenvalue weighted by atomic mass is 10.0. The van der Waals surface area contributed by atoms with Crippen LogP contribution in [0.4, 0.5) is 38.1 Å². The van der Waals surface area contributed by atoms with Gasteiger partial charge in [-0.2, -0.15) is 31.4 Å². The van der Waals surface area contributed by atoms with Gasteiger partial charge in [-0.3, -0.25) is 9.48 Å². The highest BCUT2D eigenvalue weighted by Gasteiger charge is 2.37. The van der Waals surface area contributed by atoms with E-state index >= 15 is 0 Å². The van der Waals surface area contributed by atoms with E-state index in [1.165, 1.54) is 24.2 Å². The van der Waals surface area contributed by atoms with Crippen molar-refractivity contribution in [2.75, 3.05) is 22.9 Å². The van der Waals surface area contributed by atoms with E-state index in [4.69, 9.17) is 4.98 Å². The molecule has 0 amide bonds. The molecule has 2 fully saturated rings. The Labute approximate surface area is 275 Å². The molecule has 0 N–H and O–H groups in total. The van der Waals surface area contributed by atoms with E-state index in [0.717, 1.165) is 49.9 Å². The number of aryl methyl sites for hydroxylation is 2. The second-order valence-electron chi connectivity index (χ2n) is 12.4. The van der Waals surface area contributed by atoms with Crippen LogP contribution in [0.15, 0.2) is 36.7 Å². The van der Waals surface area contributed by atoms with Crippen molar-refractivity contribution < 1.29 is 31.1 Å². The lowest BCUT2D eigenvalue weighted by molar-refractivity contribution is -0.143. The number of carbonyl (C=O) groups is 1. The monoisotopic (exact) mass is 675 g/mol. The number of benzene rings is 1. The summed E-state index contributed by atoms with van der Waals surface area (Å²) in [6, 6.07) is 3.48. The first-order valence-electron chi connectivity index (χ1n) is 16.1. The minimum absolute atomic E-state index is 0.0233. The Balaban J connectivity index is 0.00000221. The average Bonchev–Trinajstić information content (AvgIpc) is 3.97. The molecule has 6 rings (SSSR count). The zero-order valence-electron chi connectivity index (χ0n) is 27.6. The largest absolute Gasteiger partial charge is 0.416 e. The molecule has 0 saturated heterocycles. The molecular weight excluding hydrogens is 636 g/mol. The van der Waals surface area contributed by atoms with Crippen LogP contribution in [-0.2, 0) is 32.5 Å². The van der Waals surface area contributed by atoms with E-state index in [-0.39, 0.29) is 42.0 Å². The smallest absolute Gasteiger partial charge is 0.356 e. The normalized spacial score (nSPS) is 14.9. The summed E-state index contributed by atoms with van der Waals surface area (Å²) < 4.78 is 84.2. The number of carbonyl (C=O) groups excluding carboxylic acids is 1. The van der Waals surface area contributed by atoms with Gasteiger partial charge in [0.05, 0.1) is 22.4 Å². The van der Waals surface area contributed by atoms with Crippen LogP contribution in [0.25, 0.3) is 11.0 Å². The Morgan fingerprint density at radius 1 is 0.854 bits per heavy atom. The Kier molecular flexibility index (Phi) is 10.0. The van der Waals surface area contributed by atoms with Crippen molar-refractivity contribution in [1.29, 1.82) is 0 Å². The number of pyridine rings is 1. The van der Waals surface area contributed by atoms with Gasteiger partial charge in [0.25, 0.3) is 0 Å². The number of ketones is 1. The van der Waals surface area contributed by atoms with Crippen LogP contribution >= 0.6 is 0 Å². The van der Waals surface area contributed by atoms with Crippen LogP contribution in [0, 0.1) is 18.8 Å². The van der Waals surface area contributed by atoms with Gasteiger partial charge in [-0.25, -0.2) is 15.0 Å². The Hall–Kier alpha value is -4.23. The highest BCUT2D eigenvalue weighted by molar-refractivity contribution is 5.93. The van der Waals surface area contributed by atoms with Crippen LogP contribution in [0.2, 0.25) is 0 Å². The van der Waals surface area contributed by atoms with Crippen molar-refractivity contribution >= 4 is 28.6 Å². The zero-order chi connectivity index (χ0) is 35.0. The highest BCUT2D eigenvalue weighted by atomic mass is 19.4. The minimum Gasteiger partial charge on any atom is -0.356 e. The summed E-state index contributed by atoms with van der Waals surface area (Å²) in [4.78, 5) is 29.4. The van der Waals surface area contributed by atoms with E-state index in [1.54, 1.807) is 11.7 Å². The van der Waals surface area contributed by atoms with Gasteiger partial charge in [-0.1, -0.05) is 13.8 Å². The maximum Gasteiger partial charge on any atom is 0.416 e. The van der Waals surface area contributed by atoms with Crippen molar-refractivity contribution in [1.82, 2.24) is 24.7 Å². The minimum atomic E-state index is -4.99. The molecule has 0 unspecified atom stereocenters. The summed E-state index contributed by atoms with van der Waals surface area (Å²) in [5.41, 5.74) is -0.685. The molecule has 1 aromatic carbocycles. The van der Waals surface area contributed by atoms with E-state index < -0.39 is 23.5 Å². The molecule has 2 saturated carbocycles. The van der Waals surface area contributed by atoms with Gasteiger partial charge in [-0.05, 0) is 81.2 Å². The van der Waals surface area contributed by atoms with Crippen molar-refractivity contribution in [2.24, 2.45) is 18.9 Å². The number of halogens is 6. The summed E-state index contributed by atoms with van der Waals surface area (Å²) in [5.74, 6) is 1.51. The Bertz CT molecular complexity index is 1710. The molecule has 258 valence electrons. The first-order chi connectivity index (χ1) is 22.7. The number of hydrogen-bond acceptors (Lipinski definition) is 7. The number of alkyl halides is 6. The van der Waals surface area contributed by atoms with E-state index in [1.807, 2.05) is 26.8 Å². The highest BCUT2D eigenvalue weighted by Crippen LogP contribution is 2.39. The first-order valence-corrected chi connectivity index (χ1v) is 16.1. The predicted molar refractivity (Wildman–Crippen MR) is 171 cm³/mol. The average molecular weight is 676 g/mol. The third-order valence-electron chi connectivity index (χ3n) is 8.42. The number of rotatable bonds is 11. The molecule has 2 aliphatic rings. The number of aromatic nitrogens is 5. The van der Waals surface area contributed by atoms with Crippen LogP contribution in [0.5, 0.6) is 0 Å². The zero-order valence-corrected chi connectivity index (χ0v) is 27.6. The van der Waals surface area contributed by atoms with Gasteiger partial charge in [-0.15, -0.1) is 0 Å². The maximum atomic E-state index is 13.8. The fraction of sp³-hybridized carbons (Fsp3) is 0.500. The molecule has 14 heteroatoms. The van der Waals surface area contributed by atoms with Gasteiger partial charge in [0.2, 0.25) is 5.95 Å². The number of hydrogen-bond donors (Lipinski definition) is 0. The first kappa shape index (κ1) is 35.1. The predicted octanol–water partition coefficient (Wildman–Crippen LogP) is 8.17. The summed E-state index contributed by atoms with van der Waals surface area (Å²) in [6.45, 7) is 8.44. The van der Waals surface area contributed by atoms with Crippen molar-refractivity contribution in [3.63, 3.8) is 0 Å². The lowest BCUT2D eigenvalue weighted by Crippen LogP contribution is -2.32. The fourth-order valence-corrected chi connectivity index (χ4v) is 5.64. The number of anilines is 2. The quantitative estimate of drug-likeness (QED) is 0.117. The summed E-state index contributed by atoms with van der Waals surface area (Å²) in [5, 5.41) is 5.31. The van der Waals surface area contributed by atoms with Crippen LogP contribution in [0.3, 0.4) is 0 Å². The van der Waals surface area contributed by atoms with Crippen LogP contribution < -0.4 is 9.80 Å². The molecule has 8 nitrogen and oxygen atoms in total. The van der Waals surface area contributed by atoms with Crippen LogP contribution in [0.1, 0.15) is 84.8 Å². The molecule has 0 radical (unpaired) electrons. The van der Waals surface area contributed by atoms with E-state index in [9.17, 15) is 31.1 Å². The Morgan fingerprint density at radius 3 is 1.88 bits per heavy atom. The number of fused-ring (bicyclic) bond motifs is 1. The summed E-state index contributed by atoms with van der Waals surface area (Å²) >= 11 is 0. The molecule has 0 bridgehead atoms. The molecular formula is C34H39F6N7O. The van der Waals surface area contributed by atoms with Gasteiger partial charge in [0.15, 0.2) is 11.4 Å². The molecule has 3 heterocycles. The van der Waals surface area contributed by atoms with Gasteiger partial charge >= 0.3 is 12.4 Å². The second-order valence-corrected chi connectivity index (χ2v) is 12.4. The molecule has 0 aliphatic heterocycles. The molecule has 2 aliphatic carbocycles. The molecule has 0 spiro atoms. The molecule has 4 aromatic rings. The SMILES string of the molecule is CC.CC(=O)c1cnc(N(Cc2cc(C(F)(F)F)cc(C(F)(F)F)c2)Cc2cc3c(C)nn(C)c3nc2N(CC2CC2)CC2CC2)nc1. The summed E-state index contributed by atoms with van der Waals surface area (Å²) in [7, 11) is 1.81. The standard InChI is InChI=1S/C32H33F6N7O.C2H6/c1-18-27-10-23(28(41-29(27)43(3)42-18)44(14-20-4-5-20)15-21-6-7-21)17-45(30-39-12-24(13-40-30)19(2)46)16-22-8-25(31(33,34)35)11-26(9-22)32(36,37)38;1-2/h8-13,20-21H,4-7,14-17H2,1-3H3;1-2H3. The number of Topliss-reactive ketones (excluding diaryl/α,β-unsaturated/α-hetero) is 1. The van der Waals surface area contributed by atoms with Crippen molar-refractivity contribution in [3.8, 4) is 0 Å². The topological polar surface area (TPSA) is 80.0 Å². The maximum absolute atomic E-state index is 13.8. The van der Waals surface area contributed by atoms with Gasteiger partial charge in [0.1, 0.15) is 5.82 Å². The van der Waals surface area contributed by atoms with Crippen molar-refractivity contribution in [3.05, 3.63) is 70.2 Å². The van der Waals surface area contributed by atoms with Gasteiger partial charge in [0, 0.05) is 56.6 Å². The third kappa shape index (κ3) is 8.24. The van der Waals surface area contributed by atoms with E-state index in [2.05, 4.69) is 20.0 Å². The van der Waals surface area contributed by atoms with Crippen molar-refractivity contribution in [2.45, 2.75) is 78.8 Å². The lowest BCUT2D eigenvalue weighted by Gasteiger charge is -2.29. The third-order valence-corrected chi connectivity index (χ3v) is 8.42. The molecule has 48 heavy (non-hydrogen) atoms. The second kappa shape index (κ2) is 13.7. The molecule has 3 aromatic heterocycles. The summed E-state index contributed by atoms with van der Waals surface area (Å²) in [6.07, 6.45) is -2.94. The van der Waals surface area contributed by atoms with Gasteiger partial charge < -0.3 is 9.80 Å².